The topological polar surface area (TPSA) is 62.3 Å². The Bertz CT molecular complexity index is 774. The summed E-state index contributed by atoms with van der Waals surface area (Å²) in [4.78, 5) is 30.9. The zero-order valence-electron chi connectivity index (χ0n) is 15.9. The molecule has 6 heteroatoms. The summed E-state index contributed by atoms with van der Waals surface area (Å²) >= 11 is 0. The summed E-state index contributed by atoms with van der Waals surface area (Å²) in [6.07, 6.45) is 3.59. The third kappa shape index (κ3) is 5.88. The molecule has 1 aromatic carbocycles. The van der Waals surface area contributed by atoms with Gasteiger partial charge in [0.1, 0.15) is 11.5 Å². The number of amides is 2. The lowest BCUT2D eigenvalue weighted by atomic mass is 10.1. The molecule has 0 bridgehead atoms. The van der Waals surface area contributed by atoms with E-state index in [1.54, 1.807) is 29.2 Å². The molecule has 0 spiro atoms. The lowest BCUT2D eigenvalue weighted by Crippen LogP contribution is -2.33. The average molecular weight is 371 g/mol. The van der Waals surface area contributed by atoms with Crippen LogP contribution >= 0.6 is 0 Å². The molecule has 1 heterocycles. The zero-order chi connectivity index (χ0) is 19.6. The standard InChI is InChI=1S/C21H26FN3O2/c1-3-13-25(14-4-2)21(27)19-15-17(10-11-23-19)20(26)24-12-9-16-7-5-6-8-18(16)22/h5-8,10-11,15H,3-4,9,12-14H2,1-2H3,(H,24,26). The maximum Gasteiger partial charge on any atom is 0.272 e. The minimum absolute atomic E-state index is 0.167. The summed E-state index contributed by atoms with van der Waals surface area (Å²) in [5, 5.41) is 2.76. The minimum atomic E-state index is -0.305. The molecular formula is C21H26FN3O2. The second kappa shape index (κ2) is 10.4. The molecule has 1 N–H and O–H groups in total. The molecule has 2 rings (SSSR count). The Morgan fingerprint density at radius 2 is 1.81 bits per heavy atom. The summed E-state index contributed by atoms with van der Waals surface area (Å²) in [6.45, 7) is 5.66. The summed E-state index contributed by atoms with van der Waals surface area (Å²) in [6, 6.07) is 9.57. The van der Waals surface area contributed by atoms with E-state index in [2.05, 4.69) is 10.3 Å². The van der Waals surface area contributed by atoms with E-state index in [1.165, 1.54) is 18.3 Å². The van der Waals surface area contributed by atoms with Crippen LogP contribution in [0.2, 0.25) is 0 Å². The second-order valence-electron chi connectivity index (χ2n) is 6.32. The van der Waals surface area contributed by atoms with E-state index in [0.29, 0.717) is 37.2 Å². The normalized spacial score (nSPS) is 10.5. The van der Waals surface area contributed by atoms with Crippen LogP contribution < -0.4 is 5.32 Å². The predicted octanol–water partition coefficient (Wildman–Crippen LogP) is 3.46. The number of halogens is 1. The Morgan fingerprint density at radius 1 is 1.11 bits per heavy atom. The average Bonchev–Trinajstić information content (AvgIpc) is 2.68. The zero-order valence-corrected chi connectivity index (χ0v) is 15.9. The van der Waals surface area contributed by atoms with Gasteiger partial charge in [0.05, 0.1) is 0 Å². The van der Waals surface area contributed by atoms with Crippen molar-refractivity contribution in [2.24, 2.45) is 0 Å². The first kappa shape index (κ1) is 20.6. The van der Waals surface area contributed by atoms with E-state index in [0.717, 1.165) is 12.8 Å². The summed E-state index contributed by atoms with van der Waals surface area (Å²) in [7, 11) is 0. The maximum absolute atomic E-state index is 13.6. The lowest BCUT2D eigenvalue weighted by Gasteiger charge is -2.21. The van der Waals surface area contributed by atoms with Crippen molar-refractivity contribution in [2.45, 2.75) is 33.1 Å². The van der Waals surface area contributed by atoms with Crippen molar-refractivity contribution in [3.8, 4) is 0 Å². The molecule has 0 fully saturated rings. The van der Waals surface area contributed by atoms with Gasteiger partial charge in [-0.1, -0.05) is 32.0 Å². The molecule has 2 amide bonds. The Morgan fingerprint density at radius 3 is 2.48 bits per heavy atom. The van der Waals surface area contributed by atoms with E-state index in [9.17, 15) is 14.0 Å². The summed E-state index contributed by atoms with van der Waals surface area (Å²) in [5.74, 6) is -0.754. The van der Waals surface area contributed by atoms with E-state index < -0.39 is 0 Å². The molecule has 0 saturated carbocycles. The van der Waals surface area contributed by atoms with Crippen LogP contribution in [0.25, 0.3) is 0 Å². The molecule has 0 aliphatic heterocycles. The van der Waals surface area contributed by atoms with Gasteiger partial charge < -0.3 is 10.2 Å². The quantitative estimate of drug-likeness (QED) is 0.734. The highest BCUT2D eigenvalue weighted by Crippen LogP contribution is 2.09. The van der Waals surface area contributed by atoms with Gasteiger partial charge >= 0.3 is 0 Å². The summed E-state index contributed by atoms with van der Waals surface area (Å²) in [5.41, 5.74) is 1.19. The van der Waals surface area contributed by atoms with Crippen LogP contribution in [0.15, 0.2) is 42.6 Å². The second-order valence-corrected chi connectivity index (χ2v) is 6.32. The van der Waals surface area contributed by atoms with Crippen LogP contribution in [0.3, 0.4) is 0 Å². The first-order valence-electron chi connectivity index (χ1n) is 9.33. The van der Waals surface area contributed by atoms with Crippen LogP contribution in [-0.2, 0) is 6.42 Å². The molecular weight excluding hydrogens is 345 g/mol. The molecule has 0 saturated heterocycles. The SMILES string of the molecule is CCCN(CCC)C(=O)c1cc(C(=O)NCCc2ccccc2F)ccn1. The molecule has 1 aromatic heterocycles. The molecule has 0 aliphatic carbocycles. The largest absolute Gasteiger partial charge is 0.352 e. The fraction of sp³-hybridized carbons (Fsp3) is 0.381. The number of hydrogen-bond acceptors (Lipinski definition) is 3. The van der Waals surface area contributed by atoms with Crippen molar-refractivity contribution >= 4 is 11.8 Å². The number of carbonyl (C=O) groups is 2. The number of nitrogens with one attached hydrogen (secondary N) is 1. The Labute approximate surface area is 159 Å². The van der Waals surface area contributed by atoms with Gasteiger partial charge in [0.25, 0.3) is 11.8 Å². The fourth-order valence-corrected chi connectivity index (χ4v) is 2.82. The van der Waals surface area contributed by atoms with Gasteiger partial charge in [-0.15, -0.1) is 0 Å². The highest BCUT2D eigenvalue weighted by atomic mass is 19.1. The van der Waals surface area contributed by atoms with E-state index in [1.807, 2.05) is 13.8 Å². The maximum atomic E-state index is 13.6. The van der Waals surface area contributed by atoms with Crippen molar-refractivity contribution < 1.29 is 14.0 Å². The third-order valence-electron chi connectivity index (χ3n) is 4.15. The third-order valence-corrected chi connectivity index (χ3v) is 4.15. The molecule has 0 unspecified atom stereocenters. The first-order chi connectivity index (χ1) is 13.1. The smallest absolute Gasteiger partial charge is 0.272 e. The number of hydrogen-bond donors (Lipinski definition) is 1. The Hall–Kier alpha value is -2.76. The number of rotatable bonds is 9. The van der Waals surface area contributed by atoms with Crippen molar-refractivity contribution in [2.75, 3.05) is 19.6 Å². The van der Waals surface area contributed by atoms with Crippen LogP contribution in [0.5, 0.6) is 0 Å². The monoisotopic (exact) mass is 371 g/mol. The van der Waals surface area contributed by atoms with E-state index >= 15 is 0 Å². The highest BCUT2D eigenvalue weighted by Gasteiger charge is 2.17. The number of aromatic nitrogens is 1. The molecule has 0 aliphatic rings. The van der Waals surface area contributed by atoms with Gasteiger partial charge in [-0.2, -0.15) is 0 Å². The van der Waals surface area contributed by atoms with Gasteiger partial charge in [-0.25, -0.2) is 4.39 Å². The molecule has 0 atom stereocenters. The number of benzene rings is 1. The van der Waals surface area contributed by atoms with E-state index in [-0.39, 0.29) is 23.3 Å². The molecule has 144 valence electrons. The predicted molar refractivity (Wildman–Crippen MR) is 103 cm³/mol. The highest BCUT2D eigenvalue weighted by molar-refractivity contribution is 5.98. The molecule has 0 radical (unpaired) electrons. The lowest BCUT2D eigenvalue weighted by molar-refractivity contribution is 0.0749. The van der Waals surface area contributed by atoms with Crippen LogP contribution in [0.1, 0.15) is 53.1 Å². The minimum Gasteiger partial charge on any atom is -0.352 e. The fourth-order valence-electron chi connectivity index (χ4n) is 2.82. The summed E-state index contributed by atoms with van der Waals surface area (Å²) < 4.78 is 13.6. The number of pyridine rings is 1. The number of nitrogens with zero attached hydrogens (tertiary/aromatic N) is 2. The van der Waals surface area contributed by atoms with Gasteiger partial charge in [0, 0.05) is 31.4 Å². The molecule has 5 nitrogen and oxygen atoms in total. The first-order valence-corrected chi connectivity index (χ1v) is 9.33. The van der Waals surface area contributed by atoms with Crippen LogP contribution in [0, 0.1) is 5.82 Å². The van der Waals surface area contributed by atoms with Gasteiger partial charge in [-0.3, -0.25) is 14.6 Å². The Balaban J connectivity index is 2.00. The van der Waals surface area contributed by atoms with Gasteiger partial charge in [-0.05, 0) is 43.0 Å². The van der Waals surface area contributed by atoms with Crippen molar-refractivity contribution in [1.29, 1.82) is 0 Å². The van der Waals surface area contributed by atoms with Crippen LogP contribution in [-0.4, -0.2) is 41.3 Å². The van der Waals surface area contributed by atoms with Crippen molar-refractivity contribution in [1.82, 2.24) is 15.2 Å². The van der Waals surface area contributed by atoms with Crippen LogP contribution in [0.4, 0.5) is 4.39 Å². The number of carbonyl (C=O) groups excluding carboxylic acids is 2. The van der Waals surface area contributed by atoms with Crippen molar-refractivity contribution in [3.63, 3.8) is 0 Å². The van der Waals surface area contributed by atoms with Gasteiger partial charge in [0.2, 0.25) is 0 Å². The van der Waals surface area contributed by atoms with Crippen molar-refractivity contribution in [3.05, 3.63) is 65.2 Å². The Kier molecular flexibility index (Phi) is 7.92. The molecule has 2 aromatic rings. The van der Waals surface area contributed by atoms with E-state index in [4.69, 9.17) is 0 Å². The molecule has 27 heavy (non-hydrogen) atoms. The van der Waals surface area contributed by atoms with Gasteiger partial charge in [0.15, 0.2) is 0 Å².